The van der Waals surface area contributed by atoms with Gasteiger partial charge in [-0.05, 0) is 18.8 Å². The van der Waals surface area contributed by atoms with Gasteiger partial charge < -0.3 is 4.98 Å². The molecule has 7 nitrogen and oxygen atoms in total. The van der Waals surface area contributed by atoms with E-state index >= 15 is 0 Å². The van der Waals surface area contributed by atoms with E-state index in [1.807, 2.05) is 0 Å². The Kier molecular flexibility index (Phi) is 3.73. The normalized spacial score (nSPS) is 20.0. The van der Waals surface area contributed by atoms with E-state index in [2.05, 4.69) is 19.9 Å². The molecular formula is C13H17N5O2S. The molecule has 0 spiro atoms. The summed E-state index contributed by atoms with van der Waals surface area (Å²) in [6, 6.07) is 0. The van der Waals surface area contributed by atoms with Crippen LogP contribution in [-0.4, -0.2) is 52.0 Å². The van der Waals surface area contributed by atoms with Crippen LogP contribution in [0, 0.1) is 5.92 Å². The number of hydrogen-bond acceptors (Lipinski definition) is 5. The molecule has 0 amide bonds. The molecule has 0 aliphatic carbocycles. The predicted octanol–water partition coefficient (Wildman–Crippen LogP) is 0.691. The van der Waals surface area contributed by atoms with Crippen molar-refractivity contribution in [2.75, 3.05) is 19.3 Å². The molecule has 3 heterocycles. The largest absolute Gasteiger partial charge is 0.343 e. The highest BCUT2D eigenvalue weighted by Crippen LogP contribution is 2.25. The van der Waals surface area contributed by atoms with Crippen LogP contribution in [0.4, 0.5) is 0 Å². The molecule has 21 heavy (non-hydrogen) atoms. The van der Waals surface area contributed by atoms with Crippen molar-refractivity contribution in [2.45, 2.75) is 12.8 Å². The van der Waals surface area contributed by atoms with Crippen LogP contribution in [0.3, 0.4) is 0 Å². The summed E-state index contributed by atoms with van der Waals surface area (Å²) < 4.78 is 24.7. The van der Waals surface area contributed by atoms with Gasteiger partial charge in [0.1, 0.15) is 5.69 Å². The first-order valence-electron chi connectivity index (χ1n) is 6.79. The fourth-order valence-corrected chi connectivity index (χ4v) is 3.57. The van der Waals surface area contributed by atoms with Gasteiger partial charge in [-0.1, -0.05) is 0 Å². The first-order chi connectivity index (χ1) is 10.0. The van der Waals surface area contributed by atoms with Crippen molar-refractivity contribution in [1.82, 2.24) is 24.2 Å². The van der Waals surface area contributed by atoms with Gasteiger partial charge in [0.25, 0.3) is 0 Å². The Morgan fingerprint density at radius 3 is 2.76 bits per heavy atom. The number of sulfonamides is 1. The number of nitrogens with zero attached hydrogens (tertiary/aromatic N) is 4. The number of aromatic amines is 1. The van der Waals surface area contributed by atoms with E-state index in [1.165, 1.54) is 10.6 Å². The maximum absolute atomic E-state index is 11.6. The van der Waals surface area contributed by atoms with Crippen LogP contribution in [0.25, 0.3) is 11.5 Å². The highest BCUT2D eigenvalue weighted by molar-refractivity contribution is 7.88. The highest BCUT2D eigenvalue weighted by Gasteiger charge is 2.29. The molecule has 1 fully saturated rings. The standard InChI is InChI=1S/C13H17N5O2S/c1-21(19,20)18-7-2-10(9-18)8-11-12(15-4-3-14-11)13-16-5-6-17-13/h3-6,10H,2,7-9H2,1H3,(H,16,17). The molecule has 1 aliphatic heterocycles. The summed E-state index contributed by atoms with van der Waals surface area (Å²) in [4.78, 5) is 16.0. The summed E-state index contributed by atoms with van der Waals surface area (Å²) in [5.41, 5.74) is 1.59. The van der Waals surface area contributed by atoms with E-state index in [4.69, 9.17) is 0 Å². The van der Waals surface area contributed by atoms with Gasteiger partial charge in [-0.3, -0.25) is 4.98 Å². The topological polar surface area (TPSA) is 91.8 Å². The highest BCUT2D eigenvalue weighted by atomic mass is 32.2. The zero-order chi connectivity index (χ0) is 14.9. The molecule has 1 N–H and O–H groups in total. The van der Waals surface area contributed by atoms with Gasteiger partial charge in [-0.15, -0.1) is 0 Å². The minimum atomic E-state index is -3.10. The van der Waals surface area contributed by atoms with Gasteiger partial charge in [0.2, 0.25) is 10.0 Å². The quantitative estimate of drug-likeness (QED) is 0.897. The molecule has 1 saturated heterocycles. The molecule has 1 atom stereocenters. The van der Waals surface area contributed by atoms with Crippen LogP contribution < -0.4 is 0 Å². The zero-order valence-electron chi connectivity index (χ0n) is 11.7. The second-order valence-corrected chi connectivity index (χ2v) is 7.25. The Morgan fingerprint density at radius 1 is 1.29 bits per heavy atom. The lowest BCUT2D eigenvalue weighted by Crippen LogP contribution is -2.27. The molecular weight excluding hydrogens is 290 g/mol. The Bertz CT molecular complexity index is 714. The van der Waals surface area contributed by atoms with Gasteiger partial charge in [-0.25, -0.2) is 22.7 Å². The molecule has 8 heteroatoms. The Labute approximate surface area is 123 Å². The summed E-state index contributed by atoms with van der Waals surface area (Å²) in [5.74, 6) is 0.959. The minimum Gasteiger partial charge on any atom is -0.343 e. The average molecular weight is 307 g/mol. The first-order valence-corrected chi connectivity index (χ1v) is 8.63. The van der Waals surface area contributed by atoms with Crippen molar-refractivity contribution in [2.24, 2.45) is 5.92 Å². The van der Waals surface area contributed by atoms with Crippen molar-refractivity contribution in [3.63, 3.8) is 0 Å². The molecule has 1 unspecified atom stereocenters. The molecule has 0 aromatic carbocycles. The minimum absolute atomic E-state index is 0.269. The number of imidazole rings is 1. The van der Waals surface area contributed by atoms with Crippen LogP contribution in [-0.2, 0) is 16.4 Å². The monoisotopic (exact) mass is 307 g/mol. The van der Waals surface area contributed by atoms with E-state index < -0.39 is 10.0 Å². The van der Waals surface area contributed by atoms with Crippen LogP contribution in [0.15, 0.2) is 24.8 Å². The molecule has 2 aromatic rings. The van der Waals surface area contributed by atoms with Gasteiger partial charge in [0.05, 0.1) is 11.9 Å². The number of aromatic nitrogens is 4. The third-order valence-electron chi connectivity index (χ3n) is 3.70. The summed E-state index contributed by atoms with van der Waals surface area (Å²) in [6.45, 7) is 1.13. The van der Waals surface area contributed by atoms with Gasteiger partial charge in [0, 0.05) is 37.9 Å². The Hall–Kier alpha value is -1.80. The molecule has 0 bridgehead atoms. The molecule has 3 rings (SSSR count). The summed E-state index contributed by atoms with van der Waals surface area (Å²) >= 11 is 0. The van der Waals surface area contributed by atoms with Crippen molar-refractivity contribution in [3.8, 4) is 11.5 Å². The fraction of sp³-hybridized carbons (Fsp3) is 0.462. The average Bonchev–Trinajstić information content (AvgIpc) is 3.09. The maximum atomic E-state index is 11.6. The molecule has 1 aliphatic rings. The predicted molar refractivity (Wildman–Crippen MR) is 77.8 cm³/mol. The number of rotatable bonds is 4. The Morgan fingerprint density at radius 2 is 2.10 bits per heavy atom. The maximum Gasteiger partial charge on any atom is 0.211 e. The summed E-state index contributed by atoms with van der Waals surface area (Å²) in [6.07, 6.45) is 9.52. The van der Waals surface area contributed by atoms with E-state index in [0.717, 1.165) is 17.8 Å². The smallest absolute Gasteiger partial charge is 0.211 e. The number of nitrogens with one attached hydrogen (secondary N) is 1. The molecule has 2 aromatic heterocycles. The van der Waals surface area contributed by atoms with Gasteiger partial charge in [0.15, 0.2) is 5.82 Å². The van der Waals surface area contributed by atoms with Crippen LogP contribution >= 0.6 is 0 Å². The third kappa shape index (κ3) is 3.11. The van der Waals surface area contributed by atoms with Crippen molar-refractivity contribution >= 4 is 10.0 Å². The summed E-state index contributed by atoms with van der Waals surface area (Å²) in [5, 5.41) is 0. The fourth-order valence-electron chi connectivity index (χ4n) is 2.65. The van der Waals surface area contributed by atoms with E-state index in [1.54, 1.807) is 24.8 Å². The second-order valence-electron chi connectivity index (χ2n) is 5.27. The third-order valence-corrected chi connectivity index (χ3v) is 4.97. The van der Waals surface area contributed by atoms with Crippen molar-refractivity contribution < 1.29 is 8.42 Å². The van der Waals surface area contributed by atoms with Gasteiger partial charge >= 0.3 is 0 Å². The Balaban J connectivity index is 1.78. The zero-order valence-corrected chi connectivity index (χ0v) is 12.5. The first kappa shape index (κ1) is 14.2. The lowest BCUT2D eigenvalue weighted by Gasteiger charge is -2.13. The van der Waals surface area contributed by atoms with Gasteiger partial charge in [-0.2, -0.15) is 0 Å². The van der Waals surface area contributed by atoms with Crippen molar-refractivity contribution in [3.05, 3.63) is 30.5 Å². The number of H-pyrrole nitrogens is 1. The molecule has 0 saturated carbocycles. The molecule has 112 valence electrons. The number of hydrogen-bond donors (Lipinski definition) is 1. The van der Waals surface area contributed by atoms with Crippen LogP contribution in [0.5, 0.6) is 0 Å². The van der Waals surface area contributed by atoms with E-state index in [0.29, 0.717) is 25.3 Å². The second kappa shape index (κ2) is 5.53. The van der Waals surface area contributed by atoms with E-state index in [9.17, 15) is 8.42 Å². The van der Waals surface area contributed by atoms with Crippen molar-refractivity contribution in [1.29, 1.82) is 0 Å². The summed E-state index contributed by atoms with van der Waals surface area (Å²) in [7, 11) is -3.10. The molecule has 0 radical (unpaired) electrons. The lowest BCUT2D eigenvalue weighted by molar-refractivity contribution is 0.459. The lowest BCUT2D eigenvalue weighted by atomic mass is 10.0. The van der Waals surface area contributed by atoms with E-state index in [-0.39, 0.29) is 5.92 Å². The SMILES string of the molecule is CS(=O)(=O)N1CCC(Cc2nccnc2-c2ncc[nH]2)C1. The van der Waals surface area contributed by atoms with Crippen LogP contribution in [0.1, 0.15) is 12.1 Å². The van der Waals surface area contributed by atoms with Crippen LogP contribution in [0.2, 0.25) is 0 Å².